The van der Waals surface area contributed by atoms with Crippen molar-refractivity contribution in [2.24, 2.45) is 16.6 Å². The summed E-state index contributed by atoms with van der Waals surface area (Å²) >= 11 is 0. The van der Waals surface area contributed by atoms with Crippen LogP contribution in [-0.4, -0.2) is 18.0 Å². The predicted octanol–water partition coefficient (Wildman–Crippen LogP) is 3.16. The van der Waals surface area contributed by atoms with Crippen molar-refractivity contribution in [3.05, 3.63) is 30.3 Å². The molecule has 3 heteroatoms. The second kappa shape index (κ2) is 4.87. The van der Waals surface area contributed by atoms with E-state index < -0.39 is 0 Å². The van der Waals surface area contributed by atoms with Crippen molar-refractivity contribution < 1.29 is 0 Å². The lowest BCUT2D eigenvalue weighted by Crippen LogP contribution is -2.57. The molecule has 2 N–H and O–H groups in total. The molecule has 19 heavy (non-hydrogen) atoms. The van der Waals surface area contributed by atoms with E-state index in [1.165, 1.54) is 37.8 Å². The Morgan fingerprint density at radius 2 is 2.11 bits per heavy atom. The number of rotatable bonds is 2. The molecule has 2 aliphatic rings. The Bertz CT molecular complexity index is 468. The Kier molecular flexibility index (Phi) is 3.21. The van der Waals surface area contributed by atoms with Crippen LogP contribution in [0.2, 0.25) is 0 Å². The van der Waals surface area contributed by atoms with E-state index in [0.29, 0.717) is 11.9 Å². The highest BCUT2D eigenvalue weighted by Crippen LogP contribution is 2.44. The lowest BCUT2D eigenvalue weighted by Gasteiger charge is -2.47. The molecule has 1 heterocycles. The average molecular weight is 257 g/mol. The predicted molar refractivity (Wildman–Crippen MR) is 80.4 cm³/mol. The van der Waals surface area contributed by atoms with Crippen LogP contribution in [0.15, 0.2) is 35.3 Å². The van der Waals surface area contributed by atoms with Gasteiger partial charge in [-0.2, -0.15) is 0 Å². The second-order valence-corrected chi connectivity index (χ2v) is 5.80. The molecule has 0 radical (unpaired) electrons. The zero-order chi connectivity index (χ0) is 13.3. The van der Waals surface area contributed by atoms with Crippen molar-refractivity contribution in [3.63, 3.8) is 0 Å². The molecule has 0 saturated heterocycles. The summed E-state index contributed by atoms with van der Waals surface area (Å²) in [6.45, 7) is 3.17. The maximum atomic E-state index is 6.21. The van der Waals surface area contributed by atoms with Gasteiger partial charge in [-0.1, -0.05) is 44.4 Å². The average Bonchev–Trinajstić information content (AvgIpc) is 2.78. The smallest absolute Gasteiger partial charge is 0.196 e. The van der Waals surface area contributed by atoms with Gasteiger partial charge in [0.1, 0.15) is 0 Å². The molecule has 1 aromatic rings. The van der Waals surface area contributed by atoms with Gasteiger partial charge < -0.3 is 10.6 Å². The van der Waals surface area contributed by atoms with E-state index in [1.807, 2.05) is 0 Å². The summed E-state index contributed by atoms with van der Waals surface area (Å²) in [5, 5.41) is 0. The molecule has 2 atom stereocenters. The minimum absolute atomic E-state index is 0.137. The fourth-order valence-electron chi connectivity index (χ4n) is 3.94. The number of hydrogen-bond donors (Lipinski definition) is 1. The quantitative estimate of drug-likeness (QED) is 0.884. The van der Waals surface area contributed by atoms with Crippen LogP contribution < -0.4 is 10.6 Å². The molecule has 1 spiro atoms. The Hall–Kier alpha value is -1.51. The highest BCUT2D eigenvalue weighted by molar-refractivity contribution is 5.98. The maximum Gasteiger partial charge on any atom is 0.196 e. The van der Waals surface area contributed by atoms with Crippen LogP contribution in [0.3, 0.4) is 0 Å². The van der Waals surface area contributed by atoms with Crippen molar-refractivity contribution in [2.75, 3.05) is 11.4 Å². The molecule has 0 amide bonds. The molecule has 1 aliphatic carbocycles. The lowest BCUT2D eigenvalue weighted by molar-refractivity contribution is 0.201. The first-order valence-corrected chi connectivity index (χ1v) is 7.43. The molecule has 0 aromatic heterocycles. The van der Waals surface area contributed by atoms with Crippen LogP contribution in [0, 0.1) is 5.92 Å². The van der Waals surface area contributed by atoms with Gasteiger partial charge in [-0.15, -0.1) is 0 Å². The molecule has 0 bridgehead atoms. The van der Waals surface area contributed by atoms with Crippen molar-refractivity contribution >= 4 is 11.6 Å². The van der Waals surface area contributed by atoms with Crippen molar-refractivity contribution in [2.45, 2.75) is 44.6 Å². The Morgan fingerprint density at radius 3 is 2.84 bits per heavy atom. The van der Waals surface area contributed by atoms with Gasteiger partial charge in [-0.25, -0.2) is 0 Å². The van der Waals surface area contributed by atoms with Gasteiger partial charge in [0.2, 0.25) is 0 Å². The fourth-order valence-corrected chi connectivity index (χ4v) is 3.94. The van der Waals surface area contributed by atoms with Crippen molar-refractivity contribution in [1.29, 1.82) is 0 Å². The Labute approximate surface area is 115 Å². The zero-order valence-electron chi connectivity index (χ0n) is 11.7. The SMILES string of the molecule is CCC1CCCCC12CN=C(N)N2c1ccccc1. The minimum atomic E-state index is 0.137. The van der Waals surface area contributed by atoms with Crippen LogP contribution in [0.4, 0.5) is 5.69 Å². The summed E-state index contributed by atoms with van der Waals surface area (Å²) in [6, 6.07) is 10.5. The number of benzene rings is 1. The Balaban J connectivity index is 2.01. The van der Waals surface area contributed by atoms with E-state index in [0.717, 1.165) is 6.54 Å². The van der Waals surface area contributed by atoms with Crippen LogP contribution in [0.5, 0.6) is 0 Å². The van der Waals surface area contributed by atoms with Crippen molar-refractivity contribution in [3.8, 4) is 0 Å². The van der Waals surface area contributed by atoms with Gasteiger partial charge >= 0.3 is 0 Å². The second-order valence-electron chi connectivity index (χ2n) is 5.80. The monoisotopic (exact) mass is 257 g/mol. The van der Waals surface area contributed by atoms with E-state index >= 15 is 0 Å². The van der Waals surface area contributed by atoms with Crippen molar-refractivity contribution in [1.82, 2.24) is 0 Å². The van der Waals surface area contributed by atoms with Crippen LogP contribution in [0.25, 0.3) is 0 Å². The maximum absolute atomic E-state index is 6.21. The first-order chi connectivity index (χ1) is 9.28. The van der Waals surface area contributed by atoms with Crippen LogP contribution in [0.1, 0.15) is 39.0 Å². The molecule has 102 valence electrons. The van der Waals surface area contributed by atoms with Gasteiger partial charge in [0.25, 0.3) is 0 Å². The first-order valence-electron chi connectivity index (χ1n) is 7.43. The van der Waals surface area contributed by atoms with E-state index in [2.05, 4.69) is 47.1 Å². The molecule has 1 aromatic carbocycles. The summed E-state index contributed by atoms with van der Waals surface area (Å²) in [4.78, 5) is 6.91. The third-order valence-corrected chi connectivity index (χ3v) is 4.87. The molecule has 1 fully saturated rings. The number of hydrogen-bond acceptors (Lipinski definition) is 3. The molecular formula is C16H23N3. The van der Waals surface area contributed by atoms with Crippen LogP contribution in [-0.2, 0) is 0 Å². The zero-order valence-corrected chi connectivity index (χ0v) is 11.7. The number of nitrogens with two attached hydrogens (primary N) is 1. The summed E-state index contributed by atoms with van der Waals surface area (Å²) in [5.41, 5.74) is 7.54. The third kappa shape index (κ3) is 1.92. The minimum Gasteiger partial charge on any atom is -0.369 e. The highest BCUT2D eigenvalue weighted by atomic mass is 15.4. The van der Waals surface area contributed by atoms with Gasteiger partial charge in [-0.05, 0) is 30.9 Å². The lowest BCUT2D eigenvalue weighted by atomic mass is 9.70. The summed E-state index contributed by atoms with van der Waals surface area (Å²) in [5.74, 6) is 1.40. The molecular weight excluding hydrogens is 234 g/mol. The number of aliphatic imine (C=N–C) groups is 1. The van der Waals surface area contributed by atoms with Gasteiger partial charge in [0, 0.05) is 5.69 Å². The molecule has 1 saturated carbocycles. The number of para-hydroxylation sites is 1. The van der Waals surface area contributed by atoms with E-state index in [9.17, 15) is 0 Å². The van der Waals surface area contributed by atoms with Gasteiger partial charge in [-0.3, -0.25) is 4.99 Å². The van der Waals surface area contributed by atoms with E-state index in [4.69, 9.17) is 5.73 Å². The van der Waals surface area contributed by atoms with Gasteiger partial charge in [0.15, 0.2) is 5.96 Å². The number of anilines is 1. The Morgan fingerprint density at radius 1 is 1.32 bits per heavy atom. The fraction of sp³-hybridized carbons (Fsp3) is 0.562. The molecule has 1 aliphatic heterocycles. The summed E-state index contributed by atoms with van der Waals surface area (Å²) in [7, 11) is 0. The number of guanidine groups is 1. The van der Waals surface area contributed by atoms with Gasteiger partial charge in [0.05, 0.1) is 12.1 Å². The first kappa shape index (κ1) is 12.5. The normalized spacial score (nSPS) is 30.7. The largest absolute Gasteiger partial charge is 0.369 e. The summed E-state index contributed by atoms with van der Waals surface area (Å²) in [6.07, 6.45) is 6.38. The summed E-state index contributed by atoms with van der Waals surface area (Å²) < 4.78 is 0. The molecule has 3 rings (SSSR count). The van der Waals surface area contributed by atoms with E-state index in [1.54, 1.807) is 0 Å². The van der Waals surface area contributed by atoms with Crippen LogP contribution >= 0.6 is 0 Å². The van der Waals surface area contributed by atoms with E-state index in [-0.39, 0.29) is 5.54 Å². The highest BCUT2D eigenvalue weighted by Gasteiger charge is 2.49. The number of nitrogens with zero attached hydrogens (tertiary/aromatic N) is 2. The topological polar surface area (TPSA) is 41.6 Å². The standard InChI is InChI=1S/C16H23N3/c1-2-13-8-6-7-11-16(13)12-18-15(17)19(16)14-9-4-3-5-10-14/h3-5,9-10,13H,2,6-8,11-12H2,1H3,(H2,17,18). The third-order valence-electron chi connectivity index (χ3n) is 4.87. The molecule has 2 unspecified atom stereocenters. The molecule has 3 nitrogen and oxygen atoms in total.